The lowest BCUT2D eigenvalue weighted by Crippen LogP contribution is -2.48. The molecule has 1 atom stereocenters. The molecule has 0 amide bonds. The van der Waals surface area contributed by atoms with E-state index >= 15 is 0 Å². The maximum absolute atomic E-state index is 12.8. The van der Waals surface area contributed by atoms with Crippen molar-refractivity contribution in [1.29, 1.82) is 0 Å². The van der Waals surface area contributed by atoms with Gasteiger partial charge in [-0.25, -0.2) is 4.98 Å². The molecule has 1 unspecified atom stereocenters. The number of anilines is 1. The van der Waals surface area contributed by atoms with Gasteiger partial charge in [-0.3, -0.25) is 4.79 Å². The zero-order chi connectivity index (χ0) is 30.4. The van der Waals surface area contributed by atoms with Crippen LogP contribution in [0, 0.1) is 5.92 Å². The van der Waals surface area contributed by atoms with Crippen LogP contribution in [0.5, 0.6) is 0 Å². The molecule has 6 rings (SSSR count). The van der Waals surface area contributed by atoms with Crippen LogP contribution in [0.4, 0.5) is 5.82 Å². The first-order valence-electron chi connectivity index (χ1n) is 15.0. The predicted molar refractivity (Wildman–Crippen MR) is 180 cm³/mol. The molecule has 4 N–H and O–H groups in total. The molecular formula is C37H41N3O2Si. The summed E-state index contributed by atoms with van der Waals surface area (Å²) in [6, 6.07) is 35.8. The largest absolute Gasteiger partial charge is 0.396 e. The van der Waals surface area contributed by atoms with Gasteiger partial charge in [-0.1, -0.05) is 122 Å². The summed E-state index contributed by atoms with van der Waals surface area (Å²) >= 11 is 0. The van der Waals surface area contributed by atoms with Crippen LogP contribution in [0.25, 0.3) is 11.3 Å². The molecule has 0 aliphatic heterocycles. The minimum absolute atomic E-state index is 0.0198. The fraction of sp³-hybridized carbons (Fsp3) is 0.243. The zero-order valence-corrected chi connectivity index (χ0v) is 26.4. The Morgan fingerprint density at radius 1 is 0.884 bits per heavy atom. The first kappa shape index (κ1) is 30.2. The van der Waals surface area contributed by atoms with Gasteiger partial charge in [0.05, 0.1) is 5.69 Å². The minimum atomic E-state index is -1.14. The average molecular weight is 588 g/mol. The van der Waals surface area contributed by atoms with E-state index < -0.39 is 8.80 Å². The van der Waals surface area contributed by atoms with E-state index in [1.165, 1.54) is 10.4 Å². The number of rotatable bonds is 6. The van der Waals surface area contributed by atoms with Gasteiger partial charge in [0.2, 0.25) is 0 Å². The van der Waals surface area contributed by atoms with Crippen molar-refractivity contribution in [3.63, 3.8) is 0 Å². The number of hydrogen-bond donors (Lipinski definition) is 3. The van der Waals surface area contributed by atoms with Crippen LogP contribution < -0.4 is 16.1 Å². The number of nitrogens with zero attached hydrogens (tertiary/aromatic N) is 1. The van der Waals surface area contributed by atoms with Gasteiger partial charge in [-0.05, 0) is 40.6 Å². The summed E-state index contributed by atoms with van der Waals surface area (Å²) in [5.41, 5.74) is 11.5. The third kappa shape index (κ3) is 7.21. The molecule has 220 valence electrons. The van der Waals surface area contributed by atoms with E-state index in [0.717, 1.165) is 33.6 Å². The van der Waals surface area contributed by atoms with Crippen molar-refractivity contribution in [2.75, 3.05) is 12.3 Å². The smallest absolute Gasteiger partial charge is 0.165 e. The van der Waals surface area contributed by atoms with Crippen molar-refractivity contribution in [1.82, 2.24) is 9.97 Å². The number of hydrogen-bond acceptors (Lipinski definition) is 4. The zero-order valence-electron chi connectivity index (χ0n) is 25.3. The van der Waals surface area contributed by atoms with Crippen molar-refractivity contribution >= 4 is 30.8 Å². The lowest BCUT2D eigenvalue weighted by molar-refractivity contribution is 0.0917. The quantitative estimate of drug-likeness (QED) is 0.219. The van der Waals surface area contributed by atoms with Crippen molar-refractivity contribution in [3.8, 4) is 11.3 Å². The first-order valence-corrected chi connectivity index (χ1v) is 16.7. The number of carbonyl (C=O) groups excluding carboxylic acids is 1. The van der Waals surface area contributed by atoms with Crippen molar-refractivity contribution in [2.24, 2.45) is 5.92 Å². The fourth-order valence-corrected chi connectivity index (χ4v) is 9.85. The Morgan fingerprint density at radius 3 is 2.00 bits per heavy atom. The maximum atomic E-state index is 12.8. The number of H-pyrrole nitrogens is 1. The van der Waals surface area contributed by atoms with Crippen LogP contribution in [0.2, 0.25) is 5.04 Å². The second-order valence-corrected chi connectivity index (χ2v) is 16.4. The number of nitrogens with two attached hydrogens (primary N) is 1. The summed E-state index contributed by atoms with van der Waals surface area (Å²) in [6.45, 7) is 7.12. The normalized spacial score (nSPS) is 14.6. The third-order valence-electron chi connectivity index (χ3n) is 8.11. The van der Waals surface area contributed by atoms with Gasteiger partial charge in [-0.2, -0.15) is 0 Å². The second-order valence-electron chi connectivity index (χ2n) is 12.5. The molecule has 1 aliphatic carbocycles. The lowest BCUT2D eigenvalue weighted by atomic mass is 9.84. The number of aromatic nitrogens is 2. The highest BCUT2D eigenvalue weighted by Gasteiger charge is 2.31. The number of aliphatic hydroxyl groups is 1. The van der Waals surface area contributed by atoms with Crippen molar-refractivity contribution in [2.45, 2.75) is 45.1 Å². The van der Waals surface area contributed by atoms with Gasteiger partial charge in [0.25, 0.3) is 0 Å². The summed E-state index contributed by atoms with van der Waals surface area (Å²) in [6.07, 6.45) is 3.41. The predicted octanol–water partition coefficient (Wildman–Crippen LogP) is 5.82. The number of nitrogen functional groups attached to an aromatic ring is 1. The first-order chi connectivity index (χ1) is 20.7. The number of aliphatic hydroxyl groups excluding tert-OH is 1. The Kier molecular flexibility index (Phi) is 9.39. The molecule has 2 heterocycles. The van der Waals surface area contributed by atoms with Gasteiger partial charge < -0.3 is 15.8 Å². The number of benzene rings is 3. The fourth-order valence-electron chi connectivity index (χ4n) is 6.25. The van der Waals surface area contributed by atoms with Gasteiger partial charge in [0, 0.05) is 42.5 Å². The highest BCUT2D eigenvalue weighted by molar-refractivity contribution is 6.87. The second kappa shape index (κ2) is 13.4. The van der Waals surface area contributed by atoms with Crippen LogP contribution in [-0.4, -0.2) is 36.3 Å². The van der Waals surface area contributed by atoms with Crippen LogP contribution in [0.1, 0.15) is 54.4 Å². The Labute approximate surface area is 256 Å². The SMILES string of the molecule is CC(C)(C)[SiH](c1ccccc1)c1ccccc1.Nc1cc(-c2[nH]c3c(c2Cc2ccccc2)C(=O)CC(CO)C3)ccn1. The van der Waals surface area contributed by atoms with E-state index in [1.807, 2.05) is 30.3 Å². The summed E-state index contributed by atoms with van der Waals surface area (Å²) < 4.78 is 0. The Hall–Kier alpha value is -4.26. The molecule has 0 saturated heterocycles. The number of Topliss-reactive ketones (excluding diaryl/α,β-unsaturated/α-hetero) is 1. The molecule has 0 radical (unpaired) electrons. The minimum Gasteiger partial charge on any atom is -0.396 e. The van der Waals surface area contributed by atoms with Crippen LogP contribution >= 0.6 is 0 Å². The summed E-state index contributed by atoms with van der Waals surface area (Å²) in [5.74, 6) is 0.523. The number of carbonyl (C=O) groups is 1. The maximum Gasteiger partial charge on any atom is 0.165 e. The standard InChI is InChI=1S/C21H21N3O2.C16H20Si/c22-19-11-15(6-7-23-19)21-16(8-13-4-2-1-3-5-13)20-17(24-21)9-14(12-25)10-18(20)26;1-16(2,3)17(14-10-6-4-7-11-14)15-12-8-5-9-13-15/h1-7,11,14,24-25H,8-10,12H2,(H2,22,23);4-13,17H,1-3H3. The van der Waals surface area contributed by atoms with E-state index in [4.69, 9.17) is 5.73 Å². The molecule has 6 heteroatoms. The topological polar surface area (TPSA) is 92.0 Å². The van der Waals surface area contributed by atoms with E-state index in [0.29, 0.717) is 30.1 Å². The monoisotopic (exact) mass is 587 g/mol. The summed E-state index contributed by atoms with van der Waals surface area (Å²) in [5, 5.41) is 12.9. The van der Waals surface area contributed by atoms with E-state index in [-0.39, 0.29) is 18.3 Å². The molecule has 5 aromatic rings. The molecule has 43 heavy (non-hydrogen) atoms. The molecule has 5 nitrogen and oxygen atoms in total. The van der Waals surface area contributed by atoms with Crippen molar-refractivity contribution in [3.05, 3.63) is 132 Å². The third-order valence-corrected chi connectivity index (χ3v) is 11.9. The molecule has 0 fully saturated rings. The van der Waals surface area contributed by atoms with Gasteiger partial charge >= 0.3 is 0 Å². The molecule has 0 saturated carbocycles. The average Bonchev–Trinajstić information content (AvgIpc) is 3.37. The highest BCUT2D eigenvalue weighted by atomic mass is 28.3. The van der Waals surface area contributed by atoms with E-state index in [1.54, 1.807) is 6.20 Å². The molecule has 0 spiro atoms. The van der Waals surface area contributed by atoms with Gasteiger partial charge in [0.1, 0.15) is 14.6 Å². The van der Waals surface area contributed by atoms with E-state index in [9.17, 15) is 9.90 Å². The molecule has 1 aliphatic rings. The number of aromatic amines is 1. The van der Waals surface area contributed by atoms with E-state index in [2.05, 4.69) is 104 Å². The van der Waals surface area contributed by atoms with Crippen LogP contribution in [0.15, 0.2) is 109 Å². The van der Waals surface area contributed by atoms with Crippen molar-refractivity contribution < 1.29 is 9.90 Å². The Bertz CT molecular complexity index is 1600. The van der Waals surface area contributed by atoms with Gasteiger partial charge in [-0.15, -0.1) is 0 Å². The Morgan fingerprint density at radius 2 is 1.47 bits per heavy atom. The number of fused-ring (bicyclic) bond motifs is 1. The molecule has 0 bridgehead atoms. The molecular weight excluding hydrogens is 547 g/mol. The Balaban J connectivity index is 0.000000188. The van der Waals surface area contributed by atoms with Crippen LogP contribution in [0.3, 0.4) is 0 Å². The number of pyridine rings is 1. The lowest BCUT2D eigenvalue weighted by Gasteiger charge is -2.30. The number of nitrogens with one attached hydrogen (secondary N) is 1. The summed E-state index contributed by atoms with van der Waals surface area (Å²) in [4.78, 5) is 20.3. The summed E-state index contributed by atoms with van der Waals surface area (Å²) in [7, 11) is -1.14. The molecule has 3 aromatic carbocycles. The van der Waals surface area contributed by atoms with Crippen LogP contribution in [-0.2, 0) is 12.8 Å². The highest BCUT2D eigenvalue weighted by Crippen LogP contribution is 2.36. The number of ketones is 1. The molecule has 2 aromatic heterocycles. The van der Waals surface area contributed by atoms with Gasteiger partial charge in [0.15, 0.2) is 5.78 Å².